The number of aromatic nitrogens is 2. The van der Waals surface area contributed by atoms with Crippen molar-refractivity contribution in [1.29, 1.82) is 0 Å². The molecule has 1 aromatic carbocycles. The van der Waals surface area contributed by atoms with Crippen LogP contribution in [0.5, 0.6) is 0 Å². The number of rotatable bonds is 4. The van der Waals surface area contributed by atoms with Crippen LogP contribution in [0.4, 0.5) is 5.95 Å². The summed E-state index contributed by atoms with van der Waals surface area (Å²) in [6.07, 6.45) is 3.00. The van der Waals surface area contributed by atoms with Gasteiger partial charge in [0.05, 0.1) is 5.52 Å². The molecule has 0 fully saturated rings. The molecule has 90 valence electrons. The Kier molecular flexibility index (Phi) is 3.27. The van der Waals surface area contributed by atoms with Gasteiger partial charge in [0.15, 0.2) is 0 Å². The van der Waals surface area contributed by atoms with Crippen LogP contribution in [-0.2, 0) is 0 Å². The SMILES string of the molecule is CCC(C)(C)CNc1ncc2ccccc2n1. The second-order valence-electron chi connectivity index (χ2n) is 5.12. The van der Waals surface area contributed by atoms with E-state index in [9.17, 15) is 0 Å². The lowest BCUT2D eigenvalue weighted by molar-refractivity contribution is 0.376. The summed E-state index contributed by atoms with van der Waals surface area (Å²) in [6.45, 7) is 7.56. The van der Waals surface area contributed by atoms with Crippen LogP contribution in [0, 0.1) is 5.41 Å². The van der Waals surface area contributed by atoms with Gasteiger partial charge in [-0.1, -0.05) is 39.0 Å². The molecule has 0 radical (unpaired) electrons. The molecule has 0 unspecified atom stereocenters. The van der Waals surface area contributed by atoms with Crippen molar-refractivity contribution >= 4 is 16.9 Å². The van der Waals surface area contributed by atoms with Gasteiger partial charge in [-0.25, -0.2) is 9.97 Å². The van der Waals surface area contributed by atoms with Gasteiger partial charge in [-0.3, -0.25) is 0 Å². The van der Waals surface area contributed by atoms with Crippen molar-refractivity contribution in [2.24, 2.45) is 5.41 Å². The third-order valence-electron chi connectivity index (χ3n) is 3.17. The first-order valence-corrected chi connectivity index (χ1v) is 6.06. The Morgan fingerprint density at radius 3 is 2.76 bits per heavy atom. The first-order chi connectivity index (χ1) is 8.11. The first-order valence-electron chi connectivity index (χ1n) is 6.06. The molecule has 17 heavy (non-hydrogen) atoms. The molecule has 1 aromatic heterocycles. The van der Waals surface area contributed by atoms with Gasteiger partial charge in [0.25, 0.3) is 0 Å². The van der Waals surface area contributed by atoms with Gasteiger partial charge < -0.3 is 5.32 Å². The lowest BCUT2D eigenvalue weighted by Crippen LogP contribution is -2.22. The smallest absolute Gasteiger partial charge is 0.223 e. The zero-order valence-corrected chi connectivity index (χ0v) is 10.7. The number of nitrogens with zero attached hydrogens (tertiary/aromatic N) is 2. The van der Waals surface area contributed by atoms with Crippen LogP contribution in [0.15, 0.2) is 30.5 Å². The average Bonchev–Trinajstić information content (AvgIpc) is 2.36. The fourth-order valence-corrected chi connectivity index (χ4v) is 1.50. The van der Waals surface area contributed by atoms with Crippen molar-refractivity contribution in [2.45, 2.75) is 27.2 Å². The predicted molar refractivity (Wildman–Crippen MR) is 72.1 cm³/mol. The van der Waals surface area contributed by atoms with Crippen molar-refractivity contribution in [3.05, 3.63) is 30.5 Å². The number of hydrogen-bond donors (Lipinski definition) is 1. The standard InChI is InChI=1S/C14H19N3/c1-4-14(2,3)10-16-13-15-9-11-7-5-6-8-12(11)17-13/h5-9H,4,10H2,1-3H3,(H,15,16,17). The summed E-state index contributed by atoms with van der Waals surface area (Å²) in [7, 11) is 0. The van der Waals surface area contributed by atoms with E-state index in [1.165, 1.54) is 0 Å². The molecule has 2 aromatic rings. The molecule has 3 nitrogen and oxygen atoms in total. The van der Waals surface area contributed by atoms with E-state index in [2.05, 4.69) is 36.1 Å². The Morgan fingerprint density at radius 2 is 2.00 bits per heavy atom. The molecule has 0 spiro atoms. The molecule has 0 aliphatic rings. The van der Waals surface area contributed by atoms with Gasteiger partial charge in [0.2, 0.25) is 5.95 Å². The van der Waals surface area contributed by atoms with E-state index in [0.29, 0.717) is 5.95 Å². The number of hydrogen-bond acceptors (Lipinski definition) is 3. The summed E-state index contributed by atoms with van der Waals surface area (Å²) in [5.74, 6) is 0.713. The molecule has 0 saturated heterocycles. The van der Waals surface area contributed by atoms with Crippen molar-refractivity contribution in [3.63, 3.8) is 0 Å². The molecule has 1 heterocycles. The highest BCUT2D eigenvalue weighted by Crippen LogP contribution is 2.20. The van der Waals surface area contributed by atoms with Crippen LogP contribution >= 0.6 is 0 Å². The third-order valence-corrected chi connectivity index (χ3v) is 3.17. The monoisotopic (exact) mass is 229 g/mol. The highest BCUT2D eigenvalue weighted by atomic mass is 15.1. The number of fused-ring (bicyclic) bond motifs is 1. The quantitative estimate of drug-likeness (QED) is 0.872. The Hall–Kier alpha value is -1.64. The van der Waals surface area contributed by atoms with Gasteiger partial charge in [-0.05, 0) is 17.9 Å². The first kappa shape index (κ1) is 11.8. The van der Waals surface area contributed by atoms with E-state index in [1.807, 2.05) is 30.5 Å². The van der Waals surface area contributed by atoms with E-state index in [-0.39, 0.29) is 5.41 Å². The molecule has 2 rings (SSSR count). The zero-order valence-electron chi connectivity index (χ0n) is 10.7. The zero-order chi connectivity index (χ0) is 12.3. The molecule has 1 N–H and O–H groups in total. The summed E-state index contributed by atoms with van der Waals surface area (Å²) < 4.78 is 0. The molecule has 3 heteroatoms. The lowest BCUT2D eigenvalue weighted by Gasteiger charge is -2.22. The molecule has 0 aliphatic heterocycles. The Morgan fingerprint density at radius 1 is 1.24 bits per heavy atom. The number of nitrogens with one attached hydrogen (secondary N) is 1. The van der Waals surface area contributed by atoms with Crippen LogP contribution < -0.4 is 5.32 Å². The van der Waals surface area contributed by atoms with Crippen LogP contribution in [0.3, 0.4) is 0 Å². The van der Waals surface area contributed by atoms with Crippen LogP contribution in [0.25, 0.3) is 10.9 Å². The maximum Gasteiger partial charge on any atom is 0.223 e. The number of benzene rings is 1. The summed E-state index contributed by atoms with van der Waals surface area (Å²) >= 11 is 0. The summed E-state index contributed by atoms with van der Waals surface area (Å²) in [5.41, 5.74) is 1.26. The predicted octanol–water partition coefficient (Wildman–Crippen LogP) is 3.48. The van der Waals surface area contributed by atoms with Gasteiger partial charge in [-0.2, -0.15) is 0 Å². The molecule has 0 aliphatic carbocycles. The second kappa shape index (κ2) is 4.70. The topological polar surface area (TPSA) is 37.8 Å². The van der Waals surface area contributed by atoms with E-state index >= 15 is 0 Å². The van der Waals surface area contributed by atoms with Crippen molar-refractivity contribution in [1.82, 2.24) is 9.97 Å². The van der Waals surface area contributed by atoms with Gasteiger partial charge in [0.1, 0.15) is 0 Å². The molecule has 0 bridgehead atoms. The van der Waals surface area contributed by atoms with Crippen LogP contribution in [-0.4, -0.2) is 16.5 Å². The number of anilines is 1. The molecular formula is C14H19N3. The van der Waals surface area contributed by atoms with Crippen molar-refractivity contribution in [3.8, 4) is 0 Å². The molecule has 0 atom stereocenters. The summed E-state index contributed by atoms with van der Waals surface area (Å²) in [5, 5.41) is 4.38. The maximum atomic E-state index is 4.49. The molecular weight excluding hydrogens is 210 g/mol. The highest BCUT2D eigenvalue weighted by molar-refractivity contribution is 5.78. The van der Waals surface area contributed by atoms with Gasteiger partial charge in [0, 0.05) is 18.1 Å². The van der Waals surface area contributed by atoms with Crippen molar-refractivity contribution < 1.29 is 0 Å². The largest absolute Gasteiger partial charge is 0.354 e. The van der Waals surface area contributed by atoms with E-state index in [1.54, 1.807) is 0 Å². The Balaban J connectivity index is 2.14. The van der Waals surface area contributed by atoms with E-state index < -0.39 is 0 Å². The van der Waals surface area contributed by atoms with Crippen molar-refractivity contribution in [2.75, 3.05) is 11.9 Å². The summed E-state index contributed by atoms with van der Waals surface area (Å²) in [4.78, 5) is 8.81. The lowest BCUT2D eigenvalue weighted by atomic mass is 9.90. The van der Waals surface area contributed by atoms with E-state index in [4.69, 9.17) is 0 Å². The summed E-state index contributed by atoms with van der Waals surface area (Å²) in [6, 6.07) is 8.02. The minimum atomic E-state index is 0.273. The fraction of sp³-hybridized carbons (Fsp3) is 0.429. The Labute approximate surface area is 102 Å². The fourth-order valence-electron chi connectivity index (χ4n) is 1.50. The maximum absolute atomic E-state index is 4.49. The Bertz CT molecular complexity index is 506. The minimum Gasteiger partial charge on any atom is -0.354 e. The average molecular weight is 229 g/mol. The van der Waals surface area contributed by atoms with Gasteiger partial charge in [-0.15, -0.1) is 0 Å². The van der Waals surface area contributed by atoms with E-state index in [0.717, 1.165) is 23.9 Å². The minimum absolute atomic E-state index is 0.273. The molecule has 0 saturated carbocycles. The highest BCUT2D eigenvalue weighted by Gasteiger charge is 2.14. The van der Waals surface area contributed by atoms with Crippen LogP contribution in [0.1, 0.15) is 27.2 Å². The second-order valence-corrected chi connectivity index (χ2v) is 5.12. The van der Waals surface area contributed by atoms with Gasteiger partial charge >= 0.3 is 0 Å². The normalized spacial score (nSPS) is 11.7. The third kappa shape index (κ3) is 2.93. The van der Waals surface area contributed by atoms with Crippen LogP contribution in [0.2, 0.25) is 0 Å². The number of para-hydroxylation sites is 1. The molecule has 0 amide bonds.